The largest absolute Gasteiger partial charge is 0.464 e. The number of hydrogen-bond donors (Lipinski definition) is 1. The Balaban J connectivity index is 2.40. The van der Waals surface area contributed by atoms with Crippen LogP contribution in [0.2, 0.25) is 0 Å². The molecular formula is C12H13N3O2. The van der Waals surface area contributed by atoms with Crippen LogP contribution >= 0.6 is 0 Å². The van der Waals surface area contributed by atoms with Crippen LogP contribution in [-0.2, 0) is 11.3 Å². The number of hydrogen-bond acceptors (Lipinski definition) is 4. The van der Waals surface area contributed by atoms with Crippen LogP contribution in [0, 0.1) is 0 Å². The van der Waals surface area contributed by atoms with E-state index in [1.807, 2.05) is 24.3 Å². The molecule has 0 saturated carbocycles. The standard InChI is InChI=1S/C12H13N3O2/c1-17-12(16)10-6-7-15(14-10)11-5-3-2-4-9(11)8-13/h2-7H,8,13H2,1H3. The second kappa shape index (κ2) is 4.80. The number of ether oxygens (including phenoxy) is 1. The van der Waals surface area contributed by atoms with Gasteiger partial charge in [0, 0.05) is 12.7 Å². The third-order valence-corrected chi connectivity index (χ3v) is 2.44. The highest BCUT2D eigenvalue weighted by molar-refractivity contribution is 5.86. The minimum Gasteiger partial charge on any atom is -0.464 e. The van der Waals surface area contributed by atoms with Crippen molar-refractivity contribution in [3.05, 3.63) is 47.8 Å². The summed E-state index contributed by atoms with van der Waals surface area (Å²) in [5.41, 5.74) is 7.76. The number of carbonyl (C=O) groups excluding carboxylic acids is 1. The van der Waals surface area contributed by atoms with Gasteiger partial charge in [-0.05, 0) is 17.7 Å². The molecule has 1 heterocycles. The zero-order valence-electron chi connectivity index (χ0n) is 9.46. The van der Waals surface area contributed by atoms with Crippen LogP contribution in [0.25, 0.3) is 5.69 Å². The molecule has 0 aliphatic rings. The molecule has 5 heteroatoms. The van der Waals surface area contributed by atoms with Gasteiger partial charge in [0.05, 0.1) is 12.8 Å². The molecule has 2 aromatic rings. The van der Waals surface area contributed by atoms with Crippen molar-refractivity contribution in [2.45, 2.75) is 6.54 Å². The molecule has 2 rings (SSSR count). The number of nitrogens with two attached hydrogens (primary N) is 1. The number of nitrogens with zero attached hydrogens (tertiary/aromatic N) is 2. The van der Waals surface area contributed by atoms with Crippen molar-refractivity contribution in [3.8, 4) is 5.69 Å². The average Bonchev–Trinajstić information content (AvgIpc) is 2.87. The summed E-state index contributed by atoms with van der Waals surface area (Å²) >= 11 is 0. The van der Waals surface area contributed by atoms with Crippen LogP contribution in [0.1, 0.15) is 16.1 Å². The number of aromatic nitrogens is 2. The smallest absolute Gasteiger partial charge is 0.358 e. The van der Waals surface area contributed by atoms with Crippen LogP contribution in [-0.4, -0.2) is 22.9 Å². The fourth-order valence-electron chi connectivity index (χ4n) is 1.58. The van der Waals surface area contributed by atoms with Gasteiger partial charge in [0.25, 0.3) is 0 Å². The molecule has 1 aromatic heterocycles. The summed E-state index contributed by atoms with van der Waals surface area (Å²) in [4.78, 5) is 11.3. The Morgan fingerprint density at radius 2 is 2.18 bits per heavy atom. The van der Waals surface area contributed by atoms with Crippen LogP contribution in [0.5, 0.6) is 0 Å². The number of rotatable bonds is 3. The van der Waals surface area contributed by atoms with Crippen molar-refractivity contribution >= 4 is 5.97 Å². The summed E-state index contributed by atoms with van der Waals surface area (Å²) in [6.07, 6.45) is 1.71. The second-order valence-electron chi connectivity index (χ2n) is 3.47. The summed E-state index contributed by atoms with van der Waals surface area (Å²) in [6.45, 7) is 0.420. The predicted molar refractivity (Wildman–Crippen MR) is 62.8 cm³/mol. The van der Waals surface area contributed by atoms with E-state index in [1.54, 1.807) is 16.9 Å². The van der Waals surface area contributed by atoms with Crippen molar-refractivity contribution < 1.29 is 9.53 Å². The molecule has 0 radical (unpaired) electrons. The lowest BCUT2D eigenvalue weighted by Gasteiger charge is -2.06. The maximum atomic E-state index is 11.3. The van der Waals surface area contributed by atoms with Crippen molar-refractivity contribution in [1.29, 1.82) is 0 Å². The molecule has 0 aliphatic carbocycles. The summed E-state index contributed by atoms with van der Waals surface area (Å²) in [7, 11) is 1.33. The van der Waals surface area contributed by atoms with Gasteiger partial charge in [-0.3, -0.25) is 0 Å². The van der Waals surface area contributed by atoms with Crippen LogP contribution in [0.15, 0.2) is 36.5 Å². The zero-order chi connectivity index (χ0) is 12.3. The van der Waals surface area contributed by atoms with Crippen molar-refractivity contribution in [2.75, 3.05) is 7.11 Å². The maximum Gasteiger partial charge on any atom is 0.358 e. The second-order valence-corrected chi connectivity index (χ2v) is 3.47. The van der Waals surface area contributed by atoms with E-state index in [-0.39, 0.29) is 5.69 Å². The number of esters is 1. The van der Waals surface area contributed by atoms with Crippen molar-refractivity contribution in [1.82, 2.24) is 9.78 Å². The normalized spacial score (nSPS) is 10.2. The topological polar surface area (TPSA) is 70.1 Å². The molecule has 1 aromatic carbocycles. The molecule has 88 valence electrons. The molecule has 0 bridgehead atoms. The third kappa shape index (κ3) is 2.19. The Morgan fingerprint density at radius 3 is 2.88 bits per heavy atom. The molecule has 0 aliphatic heterocycles. The molecule has 0 fully saturated rings. The first-order valence-electron chi connectivity index (χ1n) is 5.18. The number of carbonyl (C=O) groups is 1. The Labute approximate surface area is 98.8 Å². The maximum absolute atomic E-state index is 11.3. The highest BCUT2D eigenvalue weighted by atomic mass is 16.5. The lowest BCUT2D eigenvalue weighted by atomic mass is 10.2. The van der Waals surface area contributed by atoms with Gasteiger partial charge in [-0.2, -0.15) is 5.10 Å². The van der Waals surface area contributed by atoms with Crippen LogP contribution in [0.4, 0.5) is 0 Å². The van der Waals surface area contributed by atoms with Gasteiger partial charge in [0.1, 0.15) is 0 Å². The number of benzene rings is 1. The first-order chi connectivity index (χ1) is 8.26. The Bertz CT molecular complexity index is 534. The van der Waals surface area contributed by atoms with E-state index >= 15 is 0 Å². The monoisotopic (exact) mass is 231 g/mol. The van der Waals surface area contributed by atoms with Crippen molar-refractivity contribution in [2.24, 2.45) is 5.73 Å². The highest BCUT2D eigenvalue weighted by Crippen LogP contribution is 2.13. The minimum atomic E-state index is -0.450. The molecule has 5 nitrogen and oxygen atoms in total. The molecule has 0 atom stereocenters. The van der Waals surface area contributed by atoms with Crippen molar-refractivity contribution in [3.63, 3.8) is 0 Å². The third-order valence-electron chi connectivity index (χ3n) is 2.44. The van der Waals surface area contributed by atoms with E-state index in [4.69, 9.17) is 5.73 Å². The molecule has 0 unspecified atom stereocenters. The highest BCUT2D eigenvalue weighted by Gasteiger charge is 2.11. The van der Waals surface area contributed by atoms with Crippen LogP contribution < -0.4 is 5.73 Å². The van der Waals surface area contributed by atoms with E-state index in [1.165, 1.54) is 7.11 Å². The summed E-state index contributed by atoms with van der Waals surface area (Å²) in [5.74, 6) is -0.450. The van der Waals surface area contributed by atoms with Gasteiger partial charge < -0.3 is 10.5 Å². The van der Waals surface area contributed by atoms with E-state index < -0.39 is 5.97 Å². The van der Waals surface area contributed by atoms with Crippen LogP contribution in [0.3, 0.4) is 0 Å². The number of methoxy groups -OCH3 is 1. The molecule has 0 saturated heterocycles. The first-order valence-corrected chi connectivity index (χ1v) is 5.18. The lowest BCUT2D eigenvalue weighted by Crippen LogP contribution is -2.07. The van der Waals surface area contributed by atoms with Gasteiger partial charge in [0.2, 0.25) is 0 Å². The lowest BCUT2D eigenvalue weighted by molar-refractivity contribution is 0.0593. The van der Waals surface area contributed by atoms with E-state index in [0.717, 1.165) is 11.3 Å². The summed E-state index contributed by atoms with van der Waals surface area (Å²) in [5, 5.41) is 4.15. The van der Waals surface area contributed by atoms with Gasteiger partial charge in [0.15, 0.2) is 5.69 Å². The summed E-state index contributed by atoms with van der Waals surface area (Å²) < 4.78 is 6.22. The minimum absolute atomic E-state index is 0.277. The zero-order valence-corrected chi connectivity index (χ0v) is 9.46. The SMILES string of the molecule is COC(=O)c1ccn(-c2ccccc2CN)n1. The molecule has 17 heavy (non-hydrogen) atoms. The quantitative estimate of drug-likeness (QED) is 0.803. The van der Waals surface area contributed by atoms with Gasteiger partial charge >= 0.3 is 5.97 Å². The molecular weight excluding hydrogens is 218 g/mol. The molecule has 0 amide bonds. The first kappa shape index (κ1) is 11.3. The van der Waals surface area contributed by atoms with E-state index in [9.17, 15) is 4.79 Å². The molecule has 2 N–H and O–H groups in total. The Morgan fingerprint density at radius 1 is 1.41 bits per heavy atom. The van der Waals surface area contributed by atoms with E-state index in [0.29, 0.717) is 6.54 Å². The van der Waals surface area contributed by atoms with Gasteiger partial charge in [-0.25, -0.2) is 9.48 Å². The predicted octanol–water partition coefficient (Wildman–Crippen LogP) is 1.12. The molecule has 0 spiro atoms. The Kier molecular flexibility index (Phi) is 3.20. The fraction of sp³-hybridized carbons (Fsp3) is 0.167. The summed E-state index contributed by atoms with van der Waals surface area (Å²) in [6, 6.07) is 9.24. The fourth-order valence-corrected chi connectivity index (χ4v) is 1.58. The van der Waals surface area contributed by atoms with E-state index in [2.05, 4.69) is 9.84 Å². The van der Waals surface area contributed by atoms with Gasteiger partial charge in [-0.1, -0.05) is 18.2 Å². The Hall–Kier alpha value is -2.14. The average molecular weight is 231 g/mol. The van der Waals surface area contributed by atoms with Gasteiger partial charge in [-0.15, -0.1) is 0 Å². The number of para-hydroxylation sites is 1.